The first-order chi connectivity index (χ1) is 20.5. The van der Waals surface area contributed by atoms with Crippen LogP contribution in [-0.2, 0) is 52.2 Å². The molecule has 5 N–H and O–H groups in total. The summed E-state index contributed by atoms with van der Waals surface area (Å²) in [4.78, 5) is 60.8. The smallest absolute Gasteiger partial charge is 0.481 e. The van der Waals surface area contributed by atoms with Crippen molar-refractivity contribution in [3.8, 4) is 0 Å². The highest BCUT2D eigenvalue weighted by Crippen LogP contribution is 2.09. The monoisotopic (exact) mass is 646 g/mol. The molecule has 5 saturated heterocycles. The van der Waals surface area contributed by atoms with E-state index >= 15 is 0 Å². The van der Waals surface area contributed by atoms with E-state index in [0.717, 1.165) is 0 Å². The van der Waals surface area contributed by atoms with Gasteiger partial charge in [-0.25, -0.2) is 24.0 Å². The number of aliphatic hydroxyl groups excluding tert-OH is 1. The number of nitrogens with two attached hydrogens (primary N) is 1. The van der Waals surface area contributed by atoms with Crippen LogP contribution in [0.25, 0.3) is 0 Å². The molecule has 0 aromatic heterocycles. The van der Waals surface area contributed by atoms with Crippen molar-refractivity contribution in [2.75, 3.05) is 65.5 Å². The first-order valence-electron chi connectivity index (χ1n) is 12.4. The van der Waals surface area contributed by atoms with Gasteiger partial charge in [0, 0.05) is 18.8 Å². The molecular weight excluding hydrogens is 612 g/mol. The molecule has 0 aliphatic carbocycles. The molecule has 5 fully saturated rings. The first-order valence-corrected chi connectivity index (χ1v) is 13.1. The second-order valence-corrected chi connectivity index (χ2v) is 8.63. The third-order valence-corrected chi connectivity index (χ3v) is 5.16. The summed E-state index contributed by atoms with van der Waals surface area (Å²) in [6.45, 7) is 2.08. The fourth-order valence-corrected chi connectivity index (χ4v) is 2.93. The number of aliphatic hydroxyl groups is 1. The number of carboxylic acid groups (broad SMARTS) is 1. The lowest BCUT2D eigenvalue weighted by atomic mass is 10.3. The maximum absolute atomic E-state index is 10.3. The number of hydrogen-bond acceptors (Lipinski definition) is 20. The van der Waals surface area contributed by atoms with E-state index in [1.807, 2.05) is 0 Å². The van der Waals surface area contributed by atoms with Crippen LogP contribution in [0.2, 0.25) is 0 Å². The zero-order valence-electron chi connectivity index (χ0n) is 22.9. The lowest BCUT2D eigenvalue weighted by Gasteiger charge is -2.02. The van der Waals surface area contributed by atoms with E-state index in [9.17, 15) is 28.8 Å². The summed E-state index contributed by atoms with van der Waals surface area (Å²) in [7, 11) is 1.80. The maximum Gasteiger partial charge on any atom is 0.508 e. The topological polar surface area (TPSA) is 273 Å². The molecule has 20 nitrogen and oxygen atoms in total. The molecule has 0 amide bonds. The molecule has 5 unspecified atom stereocenters. The molecule has 5 atom stereocenters. The molecule has 0 aromatic rings. The molecule has 5 rings (SSSR count). The van der Waals surface area contributed by atoms with E-state index in [2.05, 4.69) is 65.3 Å². The van der Waals surface area contributed by atoms with Gasteiger partial charge in [0.1, 0.15) is 45.2 Å². The van der Waals surface area contributed by atoms with Gasteiger partial charge in [0.25, 0.3) is 0 Å². The van der Waals surface area contributed by atoms with Crippen LogP contribution in [0.1, 0.15) is 6.42 Å². The summed E-state index contributed by atoms with van der Waals surface area (Å²) in [6, 6.07) is 0. The molecule has 0 aromatic carbocycles. The van der Waals surface area contributed by atoms with Crippen molar-refractivity contribution in [2.45, 2.75) is 36.9 Å². The number of carbonyl (C=O) groups excluding carboxylic acids is 5. The van der Waals surface area contributed by atoms with Crippen molar-refractivity contribution in [2.24, 2.45) is 5.73 Å². The number of nitrogens with one attached hydrogen (secondary N) is 1. The van der Waals surface area contributed by atoms with Crippen LogP contribution in [0.4, 0.5) is 24.0 Å². The van der Waals surface area contributed by atoms with E-state index in [4.69, 9.17) is 15.9 Å². The molecule has 246 valence electrons. The number of carboxylic acids is 1. The first kappa shape index (κ1) is 37.1. The standard InChI is InChI=1S/C5H9NO3.C5H6O5.C4H7NO3.C4H6O4.C4H6O3S/c1-6-2-4-3-8-5(7)9-4;6-4(7)1-3-2-9-5(8)10-3;2*5-1-3-2-7-4(6)8-3;5-4-6-1-3(2-8)7-4/h4,6H,2-3H2,1H3;3H,1-2H2,(H,6,7);3H,1-2,5H2;3,5H,1-2H2;3,8H,1-2H2. The van der Waals surface area contributed by atoms with E-state index in [1.165, 1.54) is 0 Å². The zero-order valence-corrected chi connectivity index (χ0v) is 23.8. The van der Waals surface area contributed by atoms with Crippen LogP contribution < -0.4 is 11.1 Å². The van der Waals surface area contributed by atoms with Gasteiger partial charge in [-0.15, -0.1) is 0 Å². The fourth-order valence-electron chi connectivity index (χ4n) is 2.75. The molecule has 5 heterocycles. The van der Waals surface area contributed by atoms with E-state index in [1.54, 1.807) is 7.05 Å². The Morgan fingerprint density at radius 3 is 1.33 bits per heavy atom. The lowest BCUT2D eigenvalue weighted by molar-refractivity contribution is -0.138. The highest BCUT2D eigenvalue weighted by atomic mass is 32.1. The van der Waals surface area contributed by atoms with Crippen LogP contribution in [0.5, 0.6) is 0 Å². The summed E-state index contributed by atoms with van der Waals surface area (Å²) in [6.07, 6.45) is -4.91. The van der Waals surface area contributed by atoms with Crippen LogP contribution >= 0.6 is 12.6 Å². The van der Waals surface area contributed by atoms with E-state index in [-0.39, 0.29) is 44.6 Å². The van der Waals surface area contributed by atoms with Crippen molar-refractivity contribution < 1.29 is 86.3 Å². The Kier molecular flexibility index (Phi) is 18.0. The van der Waals surface area contributed by atoms with Crippen LogP contribution in [0.15, 0.2) is 0 Å². The number of ether oxygens (including phenoxy) is 10. The van der Waals surface area contributed by atoms with Gasteiger partial charge in [0.2, 0.25) is 0 Å². The SMILES string of the molecule is CNCC1COC(=O)O1.NCC1COC(=O)O1.O=C(O)CC1COC(=O)O1.O=C1OCC(CO)O1.O=C1OCC(CS)O1. The Labute approximate surface area is 249 Å². The van der Waals surface area contributed by atoms with Gasteiger partial charge in [-0.3, -0.25) is 4.79 Å². The second kappa shape index (κ2) is 20.9. The zero-order chi connectivity index (χ0) is 32.2. The minimum Gasteiger partial charge on any atom is -0.481 e. The predicted molar refractivity (Wildman–Crippen MR) is 137 cm³/mol. The predicted octanol–water partition coefficient (Wildman–Crippen LogP) is -0.816. The van der Waals surface area contributed by atoms with Gasteiger partial charge in [-0.2, -0.15) is 12.6 Å². The largest absolute Gasteiger partial charge is 0.508 e. The molecule has 21 heteroatoms. The van der Waals surface area contributed by atoms with Gasteiger partial charge < -0.3 is 68.6 Å². The quantitative estimate of drug-likeness (QED) is 0.128. The second-order valence-electron chi connectivity index (χ2n) is 8.26. The van der Waals surface area contributed by atoms with Crippen LogP contribution in [0, 0.1) is 0 Å². The summed E-state index contributed by atoms with van der Waals surface area (Å²) >= 11 is 3.90. The summed E-state index contributed by atoms with van der Waals surface area (Å²) in [5.41, 5.74) is 5.14. The van der Waals surface area contributed by atoms with Crippen LogP contribution in [0.3, 0.4) is 0 Å². The maximum atomic E-state index is 10.3. The van der Waals surface area contributed by atoms with Crippen molar-refractivity contribution in [1.82, 2.24) is 5.32 Å². The Bertz CT molecular complexity index is 861. The van der Waals surface area contributed by atoms with E-state index in [0.29, 0.717) is 38.7 Å². The number of rotatable bonds is 7. The molecule has 0 saturated carbocycles. The van der Waals surface area contributed by atoms with Gasteiger partial charge in [0.05, 0.1) is 13.0 Å². The van der Waals surface area contributed by atoms with Crippen molar-refractivity contribution in [3.63, 3.8) is 0 Å². The Balaban J connectivity index is 0.000000269. The van der Waals surface area contributed by atoms with Crippen molar-refractivity contribution in [3.05, 3.63) is 0 Å². The van der Waals surface area contributed by atoms with Crippen LogP contribution in [-0.4, -0.2) is 143 Å². The van der Waals surface area contributed by atoms with E-state index < -0.39 is 49.0 Å². The summed E-state index contributed by atoms with van der Waals surface area (Å²) in [5, 5.41) is 19.4. The summed E-state index contributed by atoms with van der Waals surface area (Å²) in [5.74, 6) is -0.463. The van der Waals surface area contributed by atoms with Crippen molar-refractivity contribution in [1.29, 1.82) is 0 Å². The third-order valence-electron chi connectivity index (χ3n) is 4.75. The highest BCUT2D eigenvalue weighted by molar-refractivity contribution is 7.80. The minimum atomic E-state index is -0.997. The minimum absolute atomic E-state index is 0.0468. The van der Waals surface area contributed by atoms with Gasteiger partial charge >= 0.3 is 36.7 Å². The third kappa shape index (κ3) is 16.9. The average Bonchev–Trinajstić information content (AvgIpc) is 3.81. The molecule has 0 spiro atoms. The molecule has 5 aliphatic heterocycles. The number of carbonyl (C=O) groups is 6. The Morgan fingerprint density at radius 1 is 0.721 bits per heavy atom. The van der Waals surface area contributed by atoms with Gasteiger partial charge in [-0.05, 0) is 7.05 Å². The number of aliphatic carboxylic acids is 1. The normalized spacial score (nSPS) is 26.0. The molecule has 0 bridgehead atoms. The van der Waals surface area contributed by atoms with Gasteiger partial charge in [-0.1, -0.05) is 0 Å². The number of hydrogen-bond donors (Lipinski definition) is 5. The number of thiol groups is 1. The molecule has 43 heavy (non-hydrogen) atoms. The number of cyclic esters (lactones) is 10. The molecular formula is C22H34N2O18S. The average molecular weight is 647 g/mol. The Hall–Kier alpha value is -3.95. The molecule has 0 radical (unpaired) electrons. The van der Waals surface area contributed by atoms with Gasteiger partial charge in [0.15, 0.2) is 18.3 Å². The lowest BCUT2D eigenvalue weighted by Crippen LogP contribution is -2.25. The van der Waals surface area contributed by atoms with Crippen molar-refractivity contribution >= 4 is 49.4 Å². The number of likely N-dealkylation sites (N-methyl/N-ethyl adjacent to an activating group) is 1. The summed E-state index contributed by atoms with van der Waals surface area (Å²) < 4.78 is 44.7. The highest BCUT2D eigenvalue weighted by Gasteiger charge is 2.27. The fraction of sp³-hybridized carbons (Fsp3) is 0.727. The molecule has 5 aliphatic rings. The Morgan fingerprint density at radius 2 is 1.09 bits per heavy atom.